The van der Waals surface area contributed by atoms with Crippen molar-refractivity contribution in [3.8, 4) is 0 Å². The van der Waals surface area contributed by atoms with Crippen molar-refractivity contribution in [3.05, 3.63) is 0 Å². The molecule has 0 N–H and O–H groups in total. The lowest BCUT2D eigenvalue weighted by Gasteiger charge is -2.28. The van der Waals surface area contributed by atoms with E-state index in [4.69, 9.17) is 4.52 Å². The molecule has 0 aliphatic carbocycles. The summed E-state index contributed by atoms with van der Waals surface area (Å²) in [6, 6.07) is 0. The van der Waals surface area contributed by atoms with E-state index < -0.39 is 13.3 Å². The van der Waals surface area contributed by atoms with Crippen molar-refractivity contribution in [1.29, 1.82) is 0 Å². The van der Waals surface area contributed by atoms with E-state index in [0.717, 1.165) is 6.42 Å². The van der Waals surface area contributed by atoms with Crippen LogP contribution in [0.25, 0.3) is 0 Å². The van der Waals surface area contributed by atoms with Gasteiger partial charge in [0.05, 0.1) is 6.61 Å². The third kappa shape index (κ3) is 4.24. The van der Waals surface area contributed by atoms with Crippen molar-refractivity contribution in [3.63, 3.8) is 0 Å². The van der Waals surface area contributed by atoms with E-state index in [1.165, 1.54) is 0 Å². The normalized spacial score (nSPS) is 19.2. The third-order valence-electron chi connectivity index (χ3n) is 1.87. The van der Waals surface area contributed by atoms with Gasteiger partial charge in [-0.3, -0.25) is 0 Å². The Kier molecular flexibility index (Phi) is 5.07. The van der Waals surface area contributed by atoms with E-state index in [2.05, 4.69) is 0 Å². The zero-order valence-corrected chi connectivity index (χ0v) is 9.14. The lowest BCUT2D eigenvalue weighted by Crippen LogP contribution is -2.16. The topological polar surface area (TPSA) is 49.4 Å². The van der Waals surface area contributed by atoms with Crippen LogP contribution >= 0.6 is 7.60 Å². The molecule has 0 saturated carbocycles. The molecule has 2 unspecified atom stereocenters. The second-order valence-electron chi connectivity index (χ2n) is 3.44. The molecule has 0 rings (SSSR count). The van der Waals surface area contributed by atoms with Crippen molar-refractivity contribution in [2.45, 2.75) is 39.8 Å². The first-order chi connectivity index (χ1) is 5.40. The minimum absolute atomic E-state index is 0.311. The number of hydrogen-bond acceptors (Lipinski definition) is 3. The SMILES string of the molecule is CCC(C)COP(=O)([O-])C(C)C. The van der Waals surface area contributed by atoms with E-state index in [1.54, 1.807) is 13.8 Å². The van der Waals surface area contributed by atoms with E-state index in [1.807, 2.05) is 13.8 Å². The third-order valence-corrected chi connectivity index (χ3v) is 3.64. The minimum atomic E-state index is -3.58. The minimum Gasteiger partial charge on any atom is -0.778 e. The number of rotatable bonds is 5. The molecule has 74 valence electrons. The van der Waals surface area contributed by atoms with Crippen LogP contribution in [-0.4, -0.2) is 12.3 Å². The van der Waals surface area contributed by atoms with Gasteiger partial charge in [0.1, 0.15) is 7.60 Å². The van der Waals surface area contributed by atoms with Crippen molar-refractivity contribution in [2.75, 3.05) is 6.61 Å². The number of hydrogen-bond donors (Lipinski definition) is 0. The van der Waals surface area contributed by atoms with Gasteiger partial charge in [0.2, 0.25) is 0 Å². The van der Waals surface area contributed by atoms with Gasteiger partial charge in [0.15, 0.2) is 0 Å². The Morgan fingerprint density at radius 3 is 2.25 bits per heavy atom. The Morgan fingerprint density at radius 2 is 1.92 bits per heavy atom. The lowest BCUT2D eigenvalue weighted by atomic mass is 10.1. The molecule has 0 aromatic heterocycles. The van der Waals surface area contributed by atoms with Crippen molar-refractivity contribution >= 4 is 7.60 Å². The summed E-state index contributed by atoms with van der Waals surface area (Å²) < 4.78 is 16.0. The highest BCUT2D eigenvalue weighted by atomic mass is 31.2. The second kappa shape index (κ2) is 5.00. The molecule has 0 aromatic rings. The Labute approximate surface area is 74.7 Å². The molecule has 0 aliphatic heterocycles. The monoisotopic (exact) mass is 193 g/mol. The maximum atomic E-state index is 11.2. The van der Waals surface area contributed by atoms with Gasteiger partial charge in [-0.25, -0.2) is 0 Å². The standard InChI is InChI=1S/C8H19O3P/c1-5-8(4)6-11-12(9,10)7(2)3/h7-8H,5-6H2,1-4H3,(H,9,10)/p-1. The summed E-state index contributed by atoms with van der Waals surface area (Å²) >= 11 is 0. The fourth-order valence-corrected chi connectivity index (χ4v) is 1.26. The van der Waals surface area contributed by atoms with Gasteiger partial charge in [-0.05, 0) is 5.92 Å². The first-order valence-electron chi connectivity index (χ1n) is 4.35. The summed E-state index contributed by atoms with van der Waals surface area (Å²) in [7, 11) is -3.58. The van der Waals surface area contributed by atoms with Crippen LogP contribution in [-0.2, 0) is 9.09 Å². The zero-order chi connectivity index (χ0) is 9.78. The summed E-state index contributed by atoms with van der Waals surface area (Å²) in [5, 5.41) is 0. The van der Waals surface area contributed by atoms with Gasteiger partial charge < -0.3 is 14.0 Å². The van der Waals surface area contributed by atoms with Crippen molar-refractivity contribution in [1.82, 2.24) is 0 Å². The van der Waals surface area contributed by atoms with E-state index >= 15 is 0 Å². The van der Waals surface area contributed by atoms with Crippen LogP contribution in [0.15, 0.2) is 0 Å². The molecule has 0 spiro atoms. The molecule has 0 aromatic carbocycles. The summed E-state index contributed by atoms with van der Waals surface area (Å²) in [6.07, 6.45) is 0.943. The average Bonchev–Trinajstić information content (AvgIpc) is 2.00. The molecule has 4 heteroatoms. The molecule has 0 radical (unpaired) electrons. The predicted octanol–water partition coefficient (Wildman–Crippen LogP) is 2.01. The Balaban J connectivity index is 3.84. The first kappa shape index (κ1) is 12.2. The Bertz CT molecular complexity index is 168. The molecule has 0 fully saturated rings. The summed E-state index contributed by atoms with van der Waals surface area (Å²) in [5.41, 5.74) is -0.415. The highest BCUT2D eigenvalue weighted by molar-refractivity contribution is 7.52. The Hall–Kier alpha value is 0.150. The van der Waals surface area contributed by atoms with Crippen LogP contribution in [0.1, 0.15) is 34.1 Å². The van der Waals surface area contributed by atoms with Crippen LogP contribution in [0.2, 0.25) is 0 Å². The van der Waals surface area contributed by atoms with Crippen LogP contribution in [0.3, 0.4) is 0 Å². The zero-order valence-electron chi connectivity index (χ0n) is 8.24. The van der Waals surface area contributed by atoms with Gasteiger partial charge in [0, 0.05) is 5.66 Å². The van der Waals surface area contributed by atoms with Gasteiger partial charge in [-0.15, -0.1) is 0 Å². The summed E-state index contributed by atoms with van der Waals surface area (Å²) in [6.45, 7) is 7.56. The van der Waals surface area contributed by atoms with Crippen LogP contribution in [0, 0.1) is 5.92 Å². The smallest absolute Gasteiger partial charge is 0.137 e. The second-order valence-corrected chi connectivity index (χ2v) is 5.81. The summed E-state index contributed by atoms with van der Waals surface area (Å²) in [4.78, 5) is 11.2. The van der Waals surface area contributed by atoms with E-state index in [-0.39, 0.29) is 0 Å². The molecule has 0 aliphatic rings. The van der Waals surface area contributed by atoms with Gasteiger partial charge in [-0.1, -0.05) is 34.1 Å². The maximum Gasteiger partial charge on any atom is 0.137 e. The van der Waals surface area contributed by atoms with Gasteiger partial charge in [-0.2, -0.15) is 0 Å². The first-order valence-corrected chi connectivity index (χ1v) is 5.96. The van der Waals surface area contributed by atoms with Gasteiger partial charge in [0.25, 0.3) is 0 Å². The van der Waals surface area contributed by atoms with Crippen molar-refractivity contribution < 1.29 is 14.0 Å². The lowest BCUT2D eigenvalue weighted by molar-refractivity contribution is -0.201. The molecule has 0 heterocycles. The molecule has 0 amide bonds. The van der Waals surface area contributed by atoms with Crippen molar-refractivity contribution in [2.24, 2.45) is 5.92 Å². The van der Waals surface area contributed by atoms with E-state index in [9.17, 15) is 9.46 Å². The summed E-state index contributed by atoms with van der Waals surface area (Å²) in [5.74, 6) is 0.311. The highest BCUT2D eigenvalue weighted by Gasteiger charge is 2.14. The fraction of sp³-hybridized carbons (Fsp3) is 1.00. The Morgan fingerprint density at radius 1 is 1.42 bits per heavy atom. The molecule has 3 nitrogen and oxygen atoms in total. The quantitative estimate of drug-likeness (QED) is 0.627. The largest absolute Gasteiger partial charge is 0.778 e. The van der Waals surface area contributed by atoms with Crippen LogP contribution < -0.4 is 4.89 Å². The molecule has 0 bridgehead atoms. The molecular formula is C8H18O3P-. The molecule has 2 atom stereocenters. The van der Waals surface area contributed by atoms with Crippen LogP contribution in [0.4, 0.5) is 0 Å². The molecular weight excluding hydrogens is 175 g/mol. The maximum absolute atomic E-state index is 11.2. The van der Waals surface area contributed by atoms with E-state index in [0.29, 0.717) is 12.5 Å². The molecule has 12 heavy (non-hydrogen) atoms. The molecule has 0 saturated heterocycles. The fourth-order valence-electron chi connectivity index (χ4n) is 0.498. The average molecular weight is 193 g/mol. The van der Waals surface area contributed by atoms with Gasteiger partial charge >= 0.3 is 0 Å². The highest BCUT2D eigenvalue weighted by Crippen LogP contribution is 2.42. The van der Waals surface area contributed by atoms with Crippen LogP contribution in [0.5, 0.6) is 0 Å². The predicted molar refractivity (Wildman–Crippen MR) is 48.1 cm³/mol.